The highest BCUT2D eigenvalue weighted by molar-refractivity contribution is 5.85. The molecule has 4 rings (SSSR count). The topological polar surface area (TPSA) is 109 Å². The van der Waals surface area contributed by atoms with Gasteiger partial charge in [0.25, 0.3) is 5.91 Å². The van der Waals surface area contributed by atoms with Crippen molar-refractivity contribution in [3.05, 3.63) is 39.7 Å². The summed E-state index contributed by atoms with van der Waals surface area (Å²) < 4.78 is 11.1. The van der Waals surface area contributed by atoms with E-state index < -0.39 is 11.2 Å². The van der Waals surface area contributed by atoms with E-state index in [0.29, 0.717) is 36.4 Å². The number of aliphatic hydroxyl groups is 1. The molecule has 0 bridgehead atoms. The lowest BCUT2D eigenvalue weighted by atomic mass is 9.71. The second kappa shape index (κ2) is 10.8. The summed E-state index contributed by atoms with van der Waals surface area (Å²) in [5.74, 6) is 0.319. The van der Waals surface area contributed by atoms with Crippen LogP contribution in [-0.2, 0) is 16.0 Å². The molecule has 2 atom stereocenters. The number of benzene rings is 1. The van der Waals surface area contributed by atoms with E-state index in [1.54, 1.807) is 13.0 Å². The molecule has 8 nitrogen and oxygen atoms in total. The number of nitrogens with one attached hydrogen (secondary N) is 1. The average Bonchev–Trinajstić information content (AvgIpc) is 2.83. The number of likely N-dealkylation sites (tertiary alicyclic amines) is 1. The Hall–Kier alpha value is -2.87. The van der Waals surface area contributed by atoms with Gasteiger partial charge in [-0.1, -0.05) is 26.2 Å². The number of amides is 2. The van der Waals surface area contributed by atoms with Crippen LogP contribution in [0.2, 0.25) is 0 Å². The number of hydrogen-bond donors (Lipinski definition) is 2. The number of piperidine rings is 1. The molecule has 1 saturated heterocycles. The van der Waals surface area contributed by atoms with Crippen LogP contribution < -0.4 is 15.7 Å². The van der Waals surface area contributed by atoms with E-state index in [1.807, 2.05) is 11.0 Å². The van der Waals surface area contributed by atoms with Crippen molar-refractivity contribution in [2.24, 2.45) is 5.92 Å². The fourth-order valence-electron chi connectivity index (χ4n) is 5.50. The molecule has 8 heteroatoms. The highest BCUT2D eigenvalue weighted by atomic mass is 16.5. The number of nitrogens with zero attached hydrogens (tertiary/aromatic N) is 1. The molecule has 1 aromatic heterocycles. The normalized spacial score (nSPS) is 22.0. The van der Waals surface area contributed by atoms with E-state index in [2.05, 4.69) is 12.2 Å². The Labute approximate surface area is 205 Å². The maximum Gasteiger partial charge on any atom is 0.336 e. The summed E-state index contributed by atoms with van der Waals surface area (Å²) in [6.45, 7) is 5.07. The van der Waals surface area contributed by atoms with Gasteiger partial charge in [0, 0.05) is 49.0 Å². The molecule has 0 spiro atoms. The third-order valence-electron chi connectivity index (χ3n) is 7.52. The number of rotatable bonds is 8. The van der Waals surface area contributed by atoms with Gasteiger partial charge in [-0.05, 0) is 50.3 Å². The quantitative estimate of drug-likeness (QED) is 0.558. The van der Waals surface area contributed by atoms with Crippen LogP contribution in [-0.4, -0.2) is 53.7 Å². The highest BCUT2D eigenvalue weighted by Crippen LogP contribution is 2.39. The Balaban J connectivity index is 1.26. The van der Waals surface area contributed by atoms with Crippen LogP contribution in [0.3, 0.4) is 0 Å². The summed E-state index contributed by atoms with van der Waals surface area (Å²) in [5, 5.41) is 14.4. The van der Waals surface area contributed by atoms with Crippen LogP contribution in [0.1, 0.15) is 63.0 Å². The average molecular weight is 485 g/mol. The molecular formula is C27H36N2O6. The van der Waals surface area contributed by atoms with Crippen molar-refractivity contribution in [3.63, 3.8) is 0 Å². The summed E-state index contributed by atoms with van der Waals surface area (Å²) >= 11 is 0. The predicted molar refractivity (Wildman–Crippen MR) is 132 cm³/mol. The number of carbonyl (C=O) groups is 2. The predicted octanol–water partition coefficient (Wildman–Crippen LogP) is 3.09. The van der Waals surface area contributed by atoms with Gasteiger partial charge >= 0.3 is 5.63 Å². The smallest absolute Gasteiger partial charge is 0.336 e. The second-order valence-electron chi connectivity index (χ2n) is 9.93. The molecule has 2 N–H and O–H groups in total. The monoisotopic (exact) mass is 484 g/mol. The molecule has 1 saturated carbocycles. The molecule has 0 radical (unpaired) electrons. The minimum atomic E-state index is -0.610. The van der Waals surface area contributed by atoms with Crippen molar-refractivity contribution < 1.29 is 23.8 Å². The summed E-state index contributed by atoms with van der Waals surface area (Å²) in [7, 11) is 0. The van der Waals surface area contributed by atoms with Crippen LogP contribution in [0, 0.1) is 12.8 Å². The minimum Gasteiger partial charge on any atom is -0.483 e. The van der Waals surface area contributed by atoms with Gasteiger partial charge in [0.05, 0.1) is 5.60 Å². The lowest BCUT2D eigenvalue weighted by Gasteiger charge is -2.47. The Morgan fingerprint density at radius 2 is 2.11 bits per heavy atom. The molecular weight excluding hydrogens is 448 g/mol. The van der Waals surface area contributed by atoms with E-state index >= 15 is 0 Å². The van der Waals surface area contributed by atoms with Gasteiger partial charge in [0.15, 0.2) is 6.61 Å². The summed E-state index contributed by atoms with van der Waals surface area (Å²) in [4.78, 5) is 38.7. The summed E-state index contributed by atoms with van der Waals surface area (Å²) in [5.41, 5.74) is 1.09. The summed E-state index contributed by atoms with van der Waals surface area (Å²) in [6.07, 6.45) is 6.51. The first-order valence-electron chi connectivity index (χ1n) is 12.8. The van der Waals surface area contributed by atoms with Gasteiger partial charge in [0.2, 0.25) is 5.91 Å². The van der Waals surface area contributed by atoms with Gasteiger partial charge in [-0.3, -0.25) is 9.59 Å². The molecule has 2 heterocycles. The van der Waals surface area contributed by atoms with Crippen LogP contribution in [0.4, 0.5) is 0 Å². The zero-order valence-electron chi connectivity index (χ0n) is 20.7. The fraction of sp³-hybridized carbons (Fsp3) is 0.593. The first-order chi connectivity index (χ1) is 16.8. The third kappa shape index (κ3) is 5.69. The number of aryl methyl sites for hydroxylation is 2. The number of ether oxygens (including phenoxy) is 1. The fourth-order valence-corrected chi connectivity index (χ4v) is 5.50. The lowest BCUT2D eigenvalue weighted by Crippen LogP contribution is -2.54. The minimum absolute atomic E-state index is 0.00197. The first-order valence-corrected chi connectivity index (χ1v) is 12.8. The maximum absolute atomic E-state index is 12.6. The largest absolute Gasteiger partial charge is 0.483 e. The van der Waals surface area contributed by atoms with Crippen LogP contribution in [0.5, 0.6) is 5.75 Å². The summed E-state index contributed by atoms with van der Waals surface area (Å²) in [6, 6.07) is 5.17. The van der Waals surface area contributed by atoms with Gasteiger partial charge in [-0.2, -0.15) is 0 Å². The lowest BCUT2D eigenvalue weighted by molar-refractivity contribution is -0.143. The standard InChI is InChI=1S/C27H36N2O6/c1-3-6-19-15-25(32)35-26-18(2)22(9-8-21(19)26)34-17-23(30)28-13-10-24(31)29-14-12-27(33)11-5-4-7-20(27)16-29/h8-9,15,20,33H,3-7,10-14,16-17H2,1-2H3,(H,28,30)/t20-,27-/m0/s1. The maximum atomic E-state index is 12.6. The molecule has 1 aliphatic carbocycles. The van der Waals surface area contributed by atoms with Crippen LogP contribution >= 0.6 is 0 Å². The van der Waals surface area contributed by atoms with Crippen molar-refractivity contribution in [2.75, 3.05) is 26.2 Å². The third-order valence-corrected chi connectivity index (χ3v) is 7.52. The van der Waals surface area contributed by atoms with Crippen molar-refractivity contribution in [1.29, 1.82) is 0 Å². The molecule has 2 amide bonds. The number of hydrogen-bond acceptors (Lipinski definition) is 6. The Morgan fingerprint density at radius 3 is 2.91 bits per heavy atom. The Morgan fingerprint density at radius 1 is 1.29 bits per heavy atom. The zero-order valence-corrected chi connectivity index (χ0v) is 20.7. The van der Waals surface area contributed by atoms with Crippen LogP contribution in [0.25, 0.3) is 11.0 Å². The molecule has 0 unspecified atom stereocenters. The van der Waals surface area contributed by atoms with E-state index in [1.165, 1.54) is 6.07 Å². The Bertz CT molecular complexity index is 1140. The van der Waals surface area contributed by atoms with E-state index in [9.17, 15) is 19.5 Å². The SMILES string of the molecule is CCCc1cc(=O)oc2c(C)c(OCC(=O)NCCC(=O)N3CC[C@@]4(O)CCCC[C@H]4C3)ccc12. The molecule has 2 aromatic rings. The van der Waals surface area contributed by atoms with Crippen molar-refractivity contribution >= 4 is 22.8 Å². The number of fused-ring (bicyclic) bond motifs is 2. The molecule has 190 valence electrons. The zero-order chi connectivity index (χ0) is 25.0. The Kier molecular flexibility index (Phi) is 7.79. The van der Waals surface area contributed by atoms with Crippen molar-refractivity contribution in [1.82, 2.24) is 10.2 Å². The molecule has 2 aliphatic rings. The number of carbonyl (C=O) groups excluding carboxylic acids is 2. The van der Waals surface area contributed by atoms with Gasteiger partial charge in [-0.25, -0.2) is 4.79 Å². The van der Waals surface area contributed by atoms with Crippen LogP contribution in [0.15, 0.2) is 27.4 Å². The first kappa shape index (κ1) is 25.2. The molecule has 2 fully saturated rings. The van der Waals surface area contributed by atoms with Gasteiger partial charge in [0.1, 0.15) is 11.3 Å². The molecule has 1 aromatic carbocycles. The van der Waals surface area contributed by atoms with Crippen molar-refractivity contribution in [2.45, 2.75) is 70.8 Å². The second-order valence-corrected chi connectivity index (χ2v) is 9.93. The van der Waals surface area contributed by atoms with Gasteiger partial charge in [-0.15, -0.1) is 0 Å². The molecule has 1 aliphatic heterocycles. The van der Waals surface area contributed by atoms with E-state index in [0.717, 1.165) is 49.5 Å². The van der Waals surface area contributed by atoms with E-state index in [4.69, 9.17) is 9.15 Å². The van der Waals surface area contributed by atoms with Gasteiger partial charge < -0.3 is 24.5 Å². The molecule has 35 heavy (non-hydrogen) atoms. The highest BCUT2D eigenvalue weighted by Gasteiger charge is 2.43. The van der Waals surface area contributed by atoms with Crippen molar-refractivity contribution in [3.8, 4) is 5.75 Å². The van der Waals surface area contributed by atoms with E-state index in [-0.39, 0.29) is 37.3 Å².